The molecule has 18 heavy (non-hydrogen) atoms. The molecule has 1 saturated carbocycles. The summed E-state index contributed by atoms with van der Waals surface area (Å²) in [7, 11) is 0. The number of hydrogen-bond donors (Lipinski definition) is 0. The third-order valence-corrected chi connectivity index (χ3v) is 3.67. The van der Waals surface area contributed by atoms with Gasteiger partial charge in [0.05, 0.1) is 5.92 Å². The van der Waals surface area contributed by atoms with Gasteiger partial charge in [-0.1, -0.05) is 38.5 Å². The molecule has 0 amide bonds. The minimum absolute atomic E-state index is 0.0295. The molecular weight excluding hydrogens is 224 g/mol. The van der Waals surface area contributed by atoms with Crippen molar-refractivity contribution in [1.29, 1.82) is 0 Å². The Morgan fingerprint density at radius 2 is 1.89 bits per heavy atom. The summed E-state index contributed by atoms with van der Waals surface area (Å²) in [5, 5.41) is 0. The summed E-state index contributed by atoms with van der Waals surface area (Å²) >= 11 is 0. The van der Waals surface area contributed by atoms with E-state index in [0.29, 0.717) is 12.5 Å². The predicted molar refractivity (Wildman–Crippen MR) is 75.2 cm³/mol. The average molecular weight is 250 g/mol. The second-order valence-electron chi connectivity index (χ2n) is 6.14. The molecular formula is C16H26O2. The van der Waals surface area contributed by atoms with E-state index in [1.165, 1.54) is 5.57 Å². The fraction of sp³-hybridized carbons (Fsp3) is 0.688. The van der Waals surface area contributed by atoms with Gasteiger partial charge in [0.15, 0.2) is 0 Å². The van der Waals surface area contributed by atoms with Crippen LogP contribution in [0, 0.1) is 17.3 Å². The maximum Gasteiger partial charge on any atom is 0.310 e. The monoisotopic (exact) mass is 250 g/mol. The quantitative estimate of drug-likeness (QED) is 0.542. The zero-order valence-corrected chi connectivity index (χ0v) is 12.5. The molecule has 0 bridgehead atoms. The van der Waals surface area contributed by atoms with E-state index in [2.05, 4.69) is 46.8 Å². The molecule has 2 heteroatoms. The molecule has 0 aromatic heterocycles. The highest BCUT2D eigenvalue weighted by atomic mass is 16.5. The maximum atomic E-state index is 12.0. The molecule has 1 aliphatic carbocycles. The van der Waals surface area contributed by atoms with Crippen LogP contribution < -0.4 is 0 Å². The summed E-state index contributed by atoms with van der Waals surface area (Å²) in [6, 6.07) is 0. The zero-order valence-electron chi connectivity index (χ0n) is 12.5. The number of allylic oxidation sites excluding steroid dienone is 3. The first-order valence-electron chi connectivity index (χ1n) is 6.78. The van der Waals surface area contributed by atoms with Crippen molar-refractivity contribution in [2.24, 2.45) is 17.3 Å². The highest BCUT2D eigenvalue weighted by molar-refractivity contribution is 5.78. The lowest BCUT2D eigenvalue weighted by Crippen LogP contribution is -2.12. The standard InChI is InChI=1S/C16H26O2/c1-7-8-12(4)10-18-15(17)14-13(9-11(2)3)16(14,5)6/h8-9,13-14H,7,10H2,1-6H3. The van der Waals surface area contributed by atoms with Crippen molar-refractivity contribution < 1.29 is 9.53 Å². The van der Waals surface area contributed by atoms with Crippen molar-refractivity contribution in [3.8, 4) is 0 Å². The Morgan fingerprint density at radius 1 is 1.28 bits per heavy atom. The van der Waals surface area contributed by atoms with Crippen LogP contribution in [0.4, 0.5) is 0 Å². The molecule has 2 unspecified atom stereocenters. The van der Waals surface area contributed by atoms with Gasteiger partial charge in [-0.2, -0.15) is 0 Å². The van der Waals surface area contributed by atoms with Crippen LogP contribution in [0.1, 0.15) is 48.0 Å². The predicted octanol–water partition coefficient (Wildman–Crippen LogP) is 4.12. The fourth-order valence-electron chi connectivity index (χ4n) is 2.48. The van der Waals surface area contributed by atoms with E-state index < -0.39 is 0 Å². The second kappa shape index (κ2) is 5.73. The molecule has 1 aliphatic rings. The Bertz CT molecular complexity index is 371. The van der Waals surface area contributed by atoms with Gasteiger partial charge < -0.3 is 4.74 Å². The molecule has 0 N–H and O–H groups in total. The first-order valence-corrected chi connectivity index (χ1v) is 6.78. The van der Waals surface area contributed by atoms with Gasteiger partial charge in [0.2, 0.25) is 0 Å². The van der Waals surface area contributed by atoms with Crippen LogP contribution in [0.2, 0.25) is 0 Å². The Kier molecular flexibility index (Phi) is 4.78. The van der Waals surface area contributed by atoms with Crippen LogP contribution in [0.15, 0.2) is 23.3 Å². The second-order valence-corrected chi connectivity index (χ2v) is 6.14. The minimum Gasteiger partial charge on any atom is -0.461 e. The number of hydrogen-bond acceptors (Lipinski definition) is 2. The lowest BCUT2D eigenvalue weighted by atomic mass is 10.1. The third-order valence-electron chi connectivity index (χ3n) is 3.67. The summed E-state index contributed by atoms with van der Waals surface area (Å²) in [4.78, 5) is 12.0. The number of carbonyl (C=O) groups excluding carboxylic acids is 1. The van der Waals surface area contributed by atoms with Crippen LogP contribution in [-0.2, 0) is 9.53 Å². The fourth-order valence-corrected chi connectivity index (χ4v) is 2.48. The van der Waals surface area contributed by atoms with Crippen molar-refractivity contribution in [3.05, 3.63) is 23.3 Å². The molecule has 102 valence electrons. The van der Waals surface area contributed by atoms with Gasteiger partial charge in [0, 0.05) is 0 Å². The lowest BCUT2D eigenvalue weighted by Gasteiger charge is -2.05. The van der Waals surface area contributed by atoms with Crippen LogP contribution >= 0.6 is 0 Å². The van der Waals surface area contributed by atoms with Crippen molar-refractivity contribution in [2.45, 2.75) is 48.0 Å². The number of esters is 1. The summed E-state index contributed by atoms with van der Waals surface area (Å²) in [5.74, 6) is 0.318. The molecule has 0 heterocycles. The molecule has 1 rings (SSSR count). The molecule has 0 aromatic rings. The van der Waals surface area contributed by atoms with E-state index in [4.69, 9.17) is 4.74 Å². The molecule has 2 nitrogen and oxygen atoms in total. The van der Waals surface area contributed by atoms with E-state index >= 15 is 0 Å². The van der Waals surface area contributed by atoms with Crippen LogP contribution in [0.5, 0.6) is 0 Å². The number of rotatable bonds is 5. The first kappa shape index (κ1) is 15.0. The van der Waals surface area contributed by atoms with Gasteiger partial charge in [-0.25, -0.2) is 0 Å². The topological polar surface area (TPSA) is 26.3 Å². The van der Waals surface area contributed by atoms with Crippen molar-refractivity contribution >= 4 is 5.97 Å². The summed E-state index contributed by atoms with van der Waals surface area (Å²) in [6.45, 7) is 12.9. The van der Waals surface area contributed by atoms with Gasteiger partial charge in [0.25, 0.3) is 0 Å². The van der Waals surface area contributed by atoms with Gasteiger partial charge in [0.1, 0.15) is 6.61 Å². The van der Waals surface area contributed by atoms with Gasteiger partial charge in [-0.3, -0.25) is 4.79 Å². The largest absolute Gasteiger partial charge is 0.461 e. The molecule has 0 aromatic carbocycles. The lowest BCUT2D eigenvalue weighted by molar-refractivity contribution is -0.145. The van der Waals surface area contributed by atoms with Gasteiger partial charge >= 0.3 is 5.97 Å². The minimum atomic E-state index is -0.0497. The van der Waals surface area contributed by atoms with E-state index in [0.717, 1.165) is 12.0 Å². The van der Waals surface area contributed by atoms with Crippen molar-refractivity contribution in [2.75, 3.05) is 6.61 Å². The Morgan fingerprint density at radius 3 is 2.39 bits per heavy atom. The van der Waals surface area contributed by atoms with Crippen LogP contribution in [-0.4, -0.2) is 12.6 Å². The van der Waals surface area contributed by atoms with Crippen LogP contribution in [0.25, 0.3) is 0 Å². The Balaban J connectivity index is 2.54. The smallest absolute Gasteiger partial charge is 0.310 e. The zero-order chi connectivity index (χ0) is 13.9. The number of ether oxygens (including phenoxy) is 1. The molecule has 0 aliphatic heterocycles. The van der Waals surface area contributed by atoms with E-state index in [1.54, 1.807) is 0 Å². The van der Waals surface area contributed by atoms with E-state index in [1.807, 2.05) is 6.92 Å². The normalized spacial score (nSPS) is 25.6. The molecule has 1 fully saturated rings. The van der Waals surface area contributed by atoms with Gasteiger partial charge in [-0.05, 0) is 44.1 Å². The highest BCUT2D eigenvalue weighted by Gasteiger charge is 2.61. The van der Waals surface area contributed by atoms with E-state index in [9.17, 15) is 4.79 Å². The van der Waals surface area contributed by atoms with Crippen molar-refractivity contribution in [3.63, 3.8) is 0 Å². The molecule has 0 radical (unpaired) electrons. The number of carbonyl (C=O) groups is 1. The maximum absolute atomic E-state index is 12.0. The third kappa shape index (κ3) is 3.47. The van der Waals surface area contributed by atoms with Crippen LogP contribution in [0.3, 0.4) is 0 Å². The van der Waals surface area contributed by atoms with Crippen molar-refractivity contribution in [1.82, 2.24) is 0 Å². The Hall–Kier alpha value is -1.05. The van der Waals surface area contributed by atoms with Gasteiger partial charge in [-0.15, -0.1) is 0 Å². The molecule has 2 atom stereocenters. The molecule has 0 spiro atoms. The summed E-state index contributed by atoms with van der Waals surface area (Å²) < 4.78 is 5.39. The average Bonchev–Trinajstić information content (AvgIpc) is 2.76. The Labute approximate surface area is 111 Å². The highest BCUT2D eigenvalue weighted by Crippen LogP contribution is 2.59. The SMILES string of the molecule is CCC=C(C)COC(=O)C1C(C=C(C)C)C1(C)C. The molecule has 0 saturated heterocycles. The first-order chi connectivity index (χ1) is 8.30. The summed E-state index contributed by atoms with van der Waals surface area (Å²) in [6.07, 6.45) is 5.28. The summed E-state index contributed by atoms with van der Waals surface area (Å²) in [5.41, 5.74) is 2.45. The van der Waals surface area contributed by atoms with E-state index in [-0.39, 0.29) is 17.3 Å².